The summed E-state index contributed by atoms with van der Waals surface area (Å²) < 4.78 is 30.5. The van der Waals surface area contributed by atoms with Gasteiger partial charge in [-0.2, -0.15) is 0 Å². The molecule has 0 aliphatic carbocycles. The molecular formula is C24H24F2N4O2. The summed E-state index contributed by atoms with van der Waals surface area (Å²) in [5.41, 5.74) is 2.82. The molecule has 2 aromatic heterocycles. The number of benzene rings is 2. The number of carbonyl (C=O) groups excluding carboxylic acids is 2. The molecule has 0 bridgehead atoms. The second-order valence-corrected chi connectivity index (χ2v) is 8.22. The Morgan fingerprint density at radius 2 is 1.66 bits per heavy atom. The van der Waals surface area contributed by atoms with Gasteiger partial charge >= 0.3 is 6.03 Å². The highest BCUT2D eigenvalue weighted by atomic mass is 19.1. The lowest BCUT2D eigenvalue weighted by molar-refractivity contribution is 0.0942. The van der Waals surface area contributed by atoms with E-state index in [1.54, 1.807) is 20.2 Å². The number of amides is 2. The molecule has 0 atom stereocenters. The summed E-state index contributed by atoms with van der Waals surface area (Å²) >= 11 is 0. The molecule has 4 aromatic rings. The Balaban J connectivity index is 1.85. The van der Waals surface area contributed by atoms with Gasteiger partial charge in [-0.3, -0.25) is 9.36 Å². The van der Waals surface area contributed by atoms with Crippen LogP contribution in [0.2, 0.25) is 0 Å². The van der Waals surface area contributed by atoms with Gasteiger partial charge in [0.1, 0.15) is 17.3 Å². The standard InChI is InChI=1S/C24H24F2N4O2/c1-14(2)29-19-8-6-5-7-18(19)22-20(29)12-21(30(22)24(32)28(3)4)23(31)27-13-15-9-16(25)11-17(26)10-15/h5-12,14H,13H2,1-4H3,(H,27,31). The zero-order valence-electron chi connectivity index (χ0n) is 18.3. The van der Waals surface area contributed by atoms with Gasteiger partial charge in [-0.25, -0.2) is 13.6 Å². The van der Waals surface area contributed by atoms with E-state index in [9.17, 15) is 18.4 Å². The number of nitrogens with one attached hydrogen (secondary N) is 1. The van der Waals surface area contributed by atoms with Crippen LogP contribution >= 0.6 is 0 Å². The molecular weight excluding hydrogens is 414 g/mol. The Bertz CT molecular complexity index is 1330. The average Bonchev–Trinajstić information content (AvgIpc) is 3.25. The highest BCUT2D eigenvalue weighted by molar-refractivity contribution is 6.14. The van der Waals surface area contributed by atoms with Gasteiger partial charge in [-0.05, 0) is 43.7 Å². The Labute approximate surface area is 184 Å². The van der Waals surface area contributed by atoms with E-state index in [2.05, 4.69) is 9.88 Å². The van der Waals surface area contributed by atoms with Gasteiger partial charge in [0.25, 0.3) is 5.91 Å². The highest BCUT2D eigenvalue weighted by Crippen LogP contribution is 2.34. The second-order valence-electron chi connectivity index (χ2n) is 8.22. The molecule has 2 amide bonds. The van der Waals surface area contributed by atoms with Crippen molar-refractivity contribution in [2.24, 2.45) is 0 Å². The monoisotopic (exact) mass is 438 g/mol. The minimum atomic E-state index is -0.719. The summed E-state index contributed by atoms with van der Waals surface area (Å²) in [6, 6.07) is 12.2. The number of halogens is 2. The maximum Gasteiger partial charge on any atom is 0.328 e. The predicted molar refractivity (Wildman–Crippen MR) is 120 cm³/mol. The first kappa shape index (κ1) is 21.5. The molecule has 8 heteroatoms. The van der Waals surface area contributed by atoms with E-state index in [0.717, 1.165) is 34.6 Å². The predicted octanol–water partition coefficient (Wildman–Crippen LogP) is 4.91. The quantitative estimate of drug-likeness (QED) is 0.492. The summed E-state index contributed by atoms with van der Waals surface area (Å²) in [5.74, 6) is -1.95. The molecule has 0 aliphatic heterocycles. The number of rotatable bonds is 4. The van der Waals surface area contributed by atoms with Crippen LogP contribution in [0.5, 0.6) is 0 Å². The maximum atomic E-state index is 13.5. The van der Waals surface area contributed by atoms with E-state index in [-0.39, 0.29) is 29.9 Å². The molecule has 0 unspecified atom stereocenters. The Kier molecular flexibility index (Phi) is 5.46. The fraction of sp³-hybridized carbons (Fsp3) is 0.250. The lowest BCUT2D eigenvalue weighted by atomic mass is 10.2. The molecule has 6 nitrogen and oxygen atoms in total. The van der Waals surface area contributed by atoms with E-state index in [1.807, 2.05) is 38.1 Å². The smallest absolute Gasteiger partial charge is 0.328 e. The maximum absolute atomic E-state index is 13.5. The minimum absolute atomic E-state index is 0.0794. The second kappa shape index (κ2) is 8.11. The van der Waals surface area contributed by atoms with Crippen molar-refractivity contribution in [2.45, 2.75) is 26.4 Å². The van der Waals surface area contributed by atoms with E-state index in [4.69, 9.17) is 0 Å². The fourth-order valence-electron chi connectivity index (χ4n) is 4.06. The van der Waals surface area contributed by atoms with Crippen molar-refractivity contribution in [2.75, 3.05) is 14.1 Å². The third-order valence-electron chi connectivity index (χ3n) is 5.36. The van der Waals surface area contributed by atoms with Crippen molar-refractivity contribution < 1.29 is 18.4 Å². The normalized spacial score (nSPS) is 11.5. The number of nitrogens with zero attached hydrogens (tertiary/aromatic N) is 3. The van der Waals surface area contributed by atoms with Crippen LogP contribution in [0, 0.1) is 11.6 Å². The summed E-state index contributed by atoms with van der Waals surface area (Å²) in [4.78, 5) is 27.7. The zero-order chi connectivity index (χ0) is 23.2. The van der Waals surface area contributed by atoms with Crippen molar-refractivity contribution >= 4 is 33.9 Å². The molecule has 0 spiro atoms. The van der Waals surface area contributed by atoms with Crippen LogP contribution in [-0.2, 0) is 6.54 Å². The largest absolute Gasteiger partial charge is 0.347 e. The van der Waals surface area contributed by atoms with Gasteiger partial charge in [-0.1, -0.05) is 18.2 Å². The van der Waals surface area contributed by atoms with E-state index < -0.39 is 17.5 Å². The number of hydrogen-bond donors (Lipinski definition) is 1. The van der Waals surface area contributed by atoms with E-state index >= 15 is 0 Å². The molecule has 0 fully saturated rings. The molecule has 4 rings (SSSR count). The van der Waals surface area contributed by atoms with Crippen LogP contribution in [-0.4, -0.2) is 40.1 Å². The number of para-hydroxylation sites is 1. The van der Waals surface area contributed by atoms with Crippen molar-refractivity contribution in [3.63, 3.8) is 0 Å². The Hall–Kier alpha value is -3.68. The molecule has 2 heterocycles. The van der Waals surface area contributed by atoms with Crippen LogP contribution < -0.4 is 5.32 Å². The fourth-order valence-corrected chi connectivity index (χ4v) is 4.06. The third-order valence-corrected chi connectivity index (χ3v) is 5.36. The summed E-state index contributed by atoms with van der Waals surface area (Å²) in [5, 5.41) is 3.54. The molecule has 0 saturated heterocycles. The van der Waals surface area contributed by atoms with Crippen molar-refractivity contribution in [1.82, 2.24) is 19.4 Å². The minimum Gasteiger partial charge on any atom is -0.347 e. The first-order chi connectivity index (χ1) is 15.2. The van der Waals surface area contributed by atoms with Gasteiger partial charge in [0.05, 0.1) is 16.6 Å². The molecule has 0 radical (unpaired) electrons. The molecule has 2 aromatic carbocycles. The van der Waals surface area contributed by atoms with Gasteiger partial charge in [-0.15, -0.1) is 0 Å². The summed E-state index contributed by atoms with van der Waals surface area (Å²) in [6.07, 6.45) is 0. The van der Waals surface area contributed by atoms with Gasteiger partial charge in [0.15, 0.2) is 0 Å². The van der Waals surface area contributed by atoms with Gasteiger partial charge in [0.2, 0.25) is 0 Å². The lowest BCUT2D eigenvalue weighted by Crippen LogP contribution is -2.32. The van der Waals surface area contributed by atoms with Crippen LogP contribution in [0.1, 0.15) is 35.9 Å². The van der Waals surface area contributed by atoms with Crippen molar-refractivity contribution in [3.8, 4) is 0 Å². The van der Waals surface area contributed by atoms with Crippen LogP contribution in [0.4, 0.5) is 13.6 Å². The molecule has 1 N–H and O–H groups in total. The molecule has 0 saturated carbocycles. The molecule has 0 aliphatic rings. The van der Waals surface area contributed by atoms with Gasteiger partial charge in [0, 0.05) is 38.1 Å². The Morgan fingerprint density at radius 3 is 2.28 bits per heavy atom. The first-order valence-corrected chi connectivity index (χ1v) is 10.3. The molecule has 166 valence electrons. The van der Waals surface area contributed by atoms with E-state index in [0.29, 0.717) is 5.52 Å². The van der Waals surface area contributed by atoms with Crippen LogP contribution in [0.15, 0.2) is 48.5 Å². The average molecular weight is 438 g/mol. The van der Waals surface area contributed by atoms with Crippen LogP contribution in [0.25, 0.3) is 21.9 Å². The lowest BCUT2D eigenvalue weighted by Gasteiger charge is -2.15. The molecule has 32 heavy (non-hydrogen) atoms. The third kappa shape index (κ3) is 3.62. The van der Waals surface area contributed by atoms with Gasteiger partial charge < -0.3 is 14.8 Å². The van der Waals surface area contributed by atoms with Crippen LogP contribution in [0.3, 0.4) is 0 Å². The highest BCUT2D eigenvalue weighted by Gasteiger charge is 2.26. The number of carbonyl (C=O) groups is 2. The summed E-state index contributed by atoms with van der Waals surface area (Å²) in [6.45, 7) is 3.99. The van der Waals surface area contributed by atoms with Crippen molar-refractivity contribution in [3.05, 3.63) is 71.4 Å². The van der Waals surface area contributed by atoms with E-state index in [1.165, 1.54) is 9.47 Å². The van der Waals surface area contributed by atoms with Crippen molar-refractivity contribution in [1.29, 1.82) is 0 Å². The number of aromatic nitrogens is 2. The first-order valence-electron chi connectivity index (χ1n) is 10.3. The zero-order valence-corrected chi connectivity index (χ0v) is 18.3. The topological polar surface area (TPSA) is 59.3 Å². The SMILES string of the molecule is CC(C)n1c2ccccc2c2c1cc(C(=O)NCc1cc(F)cc(F)c1)n2C(=O)N(C)C. The number of hydrogen-bond acceptors (Lipinski definition) is 2. The Morgan fingerprint density at radius 1 is 1.00 bits per heavy atom. The summed E-state index contributed by atoms with van der Waals surface area (Å²) in [7, 11) is 3.24. The number of fused-ring (bicyclic) bond motifs is 3.